The van der Waals surface area contributed by atoms with E-state index in [-0.39, 0.29) is 24.3 Å². The zero-order valence-corrected chi connectivity index (χ0v) is 21.6. The van der Waals surface area contributed by atoms with E-state index in [1.807, 2.05) is 12.2 Å². The van der Waals surface area contributed by atoms with Crippen molar-refractivity contribution in [3.8, 4) is 11.5 Å². The second-order valence-electron chi connectivity index (χ2n) is 8.49. The molecule has 0 aliphatic heterocycles. The first-order chi connectivity index (χ1) is 17.0. The number of unbranched alkanes of at least 4 members (excludes halogenated alkanes) is 1. The van der Waals surface area contributed by atoms with Gasteiger partial charge in [-0.1, -0.05) is 39.3 Å². The molecule has 3 amide bonds. The summed E-state index contributed by atoms with van der Waals surface area (Å²) in [6.07, 6.45) is 5.56. The number of carbonyl (C=O) groups excluding carboxylic acids is 3. The highest BCUT2D eigenvalue weighted by atomic mass is 16.5. The molecular weight excluding hydrogens is 468 g/mol. The summed E-state index contributed by atoms with van der Waals surface area (Å²) in [5.74, 6) is -2.85. The van der Waals surface area contributed by atoms with Gasteiger partial charge in [-0.05, 0) is 24.8 Å². The average molecular weight is 507 g/mol. The van der Waals surface area contributed by atoms with Gasteiger partial charge in [0.1, 0.15) is 12.1 Å². The van der Waals surface area contributed by atoms with E-state index in [0.29, 0.717) is 23.7 Å². The van der Waals surface area contributed by atoms with Crippen LogP contribution in [0.2, 0.25) is 0 Å². The highest BCUT2D eigenvalue weighted by Crippen LogP contribution is 2.33. The van der Waals surface area contributed by atoms with E-state index in [0.717, 1.165) is 12.8 Å². The van der Waals surface area contributed by atoms with E-state index in [4.69, 9.17) is 15.2 Å². The van der Waals surface area contributed by atoms with E-state index >= 15 is 0 Å². The van der Waals surface area contributed by atoms with Gasteiger partial charge < -0.3 is 36.3 Å². The van der Waals surface area contributed by atoms with Crippen LogP contribution < -0.4 is 31.2 Å². The van der Waals surface area contributed by atoms with Gasteiger partial charge in [0.05, 0.1) is 25.5 Å². The monoisotopic (exact) mass is 506 g/mol. The van der Waals surface area contributed by atoms with Crippen molar-refractivity contribution in [1.29, 1.82) is 0 Å². The summed E-state index contributed by atoms with van der Waals surface area (Å²) in [7, 11) is 2.93. The molecule has 0 fully saturated rings. The molecular formula is C25H38N4O7. The van der Waals surface area contributed by atoms with Gasteiger partial charge in [-0.15, -0.1) is 0 Å². The minimum atomic E-state index is -1.32. The van der Waals surface area contributed by atoms with E-state index in [9.17, 15) is 24.3 Å². The van der Waals surface area contributed by atoms with Crippen LogP contribution in [0.5, 0.6) is 11.5 Å². The van der Waals surface area contributed by atoms with E-state index in [1.54, 1.807) is 19.9 Å². The van der Waals surface area contributed by atoms with Gasteiger partial charge in [-0.25, -0.2) is 4.79 Å². The van der Waals surface area contributed by atoms with Crippen molar-refractivity contribution in [3.05, 3.63) is 29.8 Å². The Bertz CT molecular complexity index is 947. The van der Waals surface area contributed by atoms with E-state index < -0.39 is 35.8 Å². The smallest absolute Gasteiger partial charge is 0.326 e. The Morgan fingerprint density at radius 1 is 1.06 bits per heavy atom. The number of allylic oxidation sites excluding steroid dienone is 1. The molecule has 11 nitrogen and oxygen atoms in total. The minimum Gasteiger partial charge on any atom is -0.493 e. The Morgan fingerprint density at radius 3 is 2.22 bits per heavy atom. The van der Waals surface area contributed by atoms with Crippen LogP contribution in [0.1, 0.15) is 56.8 Å². The summed E-state index contributed by atoms with van der Waals surface area (Å²) < 4.78 is 10.7. The quantitative estimate of drug-likeness (QED) is 0.212. The van der Waals surface area contributed by atoms with Crippen LogP contribution in [0.25, 0.3) is 0 Å². The molecule has 0 saturated heterocycles. The molecule has 0 unspecified atom stereocenters. The number of rotatable bonds is 16. The van der Waals surface area contributed by atoms with Gasteiger partial charge in [0, 0.05) is 19.0 Å². The standard InChI is InChI=1S/C25H38N4O7/c1-6-7-8-9-12-27-18-14-20(36-5)19(35-4)13-16(18)23(31)29-22(15(2)3)24(32)28-17(25(33)34)10-11-21(26)30/h8-9,13-15,17,22,27H,6-7,10-12H2,1-5H3,(H2,26,30)(H,28,32)(H,29,31)(H,33,34)/b9-8+/t17-,22+/m1/s1. The van der Waals surface area contributed by atoms with Gasteiger partial charge in [0.25, 0.3) is 5.91 Å². The van der Waals surface area contributed by atoms with Gasteiger partial charge in [0.2, 0.25) is 11.8 Å². The molecule has 0 heterocycles. The largest absolute Gasteiger partial charge is 0.493 e. The van der Waals surface area contributed by atoms with Gasteiger partial charge in [-0.3, -0.25) is 14.4 Å². The number of carbonyl (C=O) groups is 4. The topological polar surface area (TPSA) is 169 Å². The van der Waals surface area contributed by atoms with Crippen LogP contribution >= 0.6 is 0 Å². The summed E-state index contributed by atoms with van der Waals surface area (Å²) in [5, 5.41) is 17.7. The average Bonchev–Trinajstić information content (AvgIpc) is 2.83. The van der Waals surface area contributed by atoms with Crippen LogP contribution in [0.15, 0.2) is 24.3 Å². The summed E-state index contributed by atoms with van der Waals surface area (Å²) >= 11 is 0. The first kappa shape index (κ1) is 30.3. The zero-order valence-electron chi connectivity index (χ0n) is 21.6. The van der Waals surface area contributed by atoms with Crippen molar-refractivity contribution in [1.82, 2.24) is 10.6 Å². The highest BCUT2D eigenvalue weighted by Gasteiger charge is 2.30. The number of hydrogen-bond donors (Lipinski definition) is 5. The lowest BCUT2D eigenvalue weighted by molar-refractivity contribution is -0.142. The fourth-order valence-corrected chi connectivity index (χ4v) is 3.31. The Labute approximate surface area is 211 Å². The first-order valence-electron chi connectivity index (χ1n) is 11.8. The number of methoxy groups -OCH3 is 2. The van der Waals surface area contributed by atoms with Crippen molar-refractivity contribution in [2.24, 2.45) is 11.7 Å². The number of ether oxygens (including phenoxy) is 2. The summed E-state index contributed by atoms with van der Waals surface area (Å²) in [5.41, 5.74) is 5.79. The molecule has 36 heavy (non-hydrogen) atoms. The molecule has 1 rings (SSSR count). The normalized spacial score (nSPS) is 12.6. The third kappa shape index (κ3) is 9.47. The second kappa shape index (κ2) is 15.3. The predicted octanol–water partition coefficient (Wildman–Crippen LogP) is 2.06. The van der Waals surface area contributed by atoms with Crippen LogP contribution in [-0.4, -0.2) is 61.6 Å². The number of amides is 3. The number of carboxylic acids is 1. The fraction of sp³-hybridized carbons (Fsp3) is 0.520. The summed E-state index contributed by atoms with van der Waals surface area (Å²) in [6.45, 7) is 5.97. The Hall–Kier alpha value is -3.76. The number of nitrogens with one attached hydrogen (secondary N) is 3. The van der Waals surface area contributed by atoms with Crippen molar-refractivity contribution in [2.75, 3.05) is 26.1 Å². The van der Waals surface area contributed by atoms with Crippen molar-refractivity contribution in [3.63, 3.8) is 0 Å². The van der Waals surface area contributed by atoms with Gasteiger partial charge in [0.15, 0.2) is 11.5 Å². The number of aliphatic carboxylic acids is 1. The SMILES string of the molecule is CCC/C=C/CNc1cc(OC)c(OC)cc1C(=O)N[C@H](C(=O)N[C@H](CCC(N)=O)C(=O)O)C(C)C. The number of primary amides is 1. The van der Waals surface area contributed by atoms with Crippen LogP contribution in [-0.2, 0) is 14.4 Å². The molecule has 0 spiro atoms. The summed E-state index contributed by atoms with van der Waals surface area (Å²) in [6, 6.07) is 0.777. The maximum atomic E-state index is 13.3. The van der Waals surface area contributed by atoms with Crippen molar-refractivity contribution < 1.29 is 33.8 Å². The van der Waals surface area contributed by atoms with Crippen LogP contribution in [0.3, 0.4) is 0 Å². The number of anilines is 1. The lowest BCUT2D eigenvalue weighted by Gasteiger charge is -2.25. The lowest BCUT2D eigenvalue weighted by Crippen LogP contribution is -2.53. The molecule has 6 N–H and O–H groups in total. The fourth-order valence-electron chi connectivity index (χ4n) is 3.31. The Kier molecular flexibility index (Phi) is 12.8. The predicted molar refractivity (Wildman–Crippen MR) is 136 cm³/mol. The Morgan fingerprint density at radius 2 is 1.69 bits per heavy atom. The molecule has 1 aromatic carbocycles. The molecule has 0 bridgehead atoms. The first-order valence-corrected chi connectivity index (χ1v) is 11.8. The summed E-state index contributed by atoms with van der Waals surface area (Å²) in [4.78, 5) is 48.8. The molecule has 2 atom stereocenters. The van der Waals surface area contributed by atoms with Crippen molar-refractivity contribution >= 4 is 29.4 Å². The van der Waals surface area contributed by atoms with Crippen LogP contribution in [0, 0.1) is 5.92 Å². The molecule has 0 saturated carbocycles. The third-order valence-electron chi connectivity index (χ3n) is 5.33. The van der Waals surface area contributed by atoms with Gasteiger partial charge in [-0.2, -0.15) is 0 Å². The number of hydrogen-bond acceptors (Lipinski definition) is 7. The zero-order chi connectivity index (χ0) is 27.3. The second-order valence-corrected chi connectivity index (χ2v) is 8.49. The van der Waals surface area contributed by atoms with E-state index in [2.05, 4.69) is 22.9 Å². The Balaban J connectivity index is 3.18. The van der Waals surface area contributed by atoms with Crippen molar-refractivity contribution in [2.45, 2.75) is 58.5 Å². The number of nitrogens with two attached hydrogens (primary N) is 1. The van der Waals surface area contributed by atoms with Crippen LogP contribution in [0.4, 0.5) is 5.69 Å². The molecule has 0 radical (unpaired) electrons. The van der Waals surface area contributed by atoms with E-state index in [1.165, 1.54) is 20.3 Å². The number of benzene rings is 1. The molecule has 11 heteroatoms. The maximum absolute atomic E-state index is 13.3. The van der Waals surface area contributed by atoms with Gasteiger partial charge >= 0.3 is 5.97 Å². The molecule has 0 aliphatic carbocycles. The lowest BCUT2D eigenvalue weighted by atomic mass is 10.0. The highest BCUT2D eigenvalue weighted by molar-refractivity contribution is 6.03. The third-order valence-corrected chi connectivity index (χ3v) is 5.33. The molecule has 0 aliphatic rings. The number of carboxylic acid groups (broad SMARTS) is 1. The minimum absolute atomic E-state index is 0.162. The molecule has 200 valence electrons. The molecule has 0 aromatic heterocycles. The molecule has 1 aromatic rings. The maximum Gasteiger partial charge on any atom is 0.326 e.